The number of carbonyl (C=O) groups is 2. The number of ether oxygens (including phenoxy) is 2. The number of amides is 2. The maximum absolute atomic E-state index is 14.1. The van der Waals surface area contributed by atoms with Gasteiger partial charge in [0.25, 0.3) is 5.91 Å². The molecule has 1 atom stereocenters. The van der Waals surface area contributed by atoms with Gasteiger partial charge in [0.05, 0.1) is 28.3 Å². The number of H-pyrrole nitrogens is 1. The van der Waals surface area contributed by atoms with Crippen molar-refractivity contribution in [1.82, 2.24) is 15.3 Å². The molecule has 11 heteroatoms. The Morgan fingerprint density at radius 1 is 1.31 bits per heavy atom. The highest BCUT2D eigenvalue weighted by molar-refractivity contribution is 9.10. The van der Waals surface area contributed by atoms with Gasteiger partial charge in [-0.3, -0.25) is 4.79 Å². The summed E-state index contributed by atoms with van der Waals surface area (Å²) in [6.07, 6.45) is 4.58. The van der Waals surface area contributed by atoms with E-state index in [1.54, 1.807) is 12.4 Å². The second kappa shape index (κ2) is 10.3. The number of fused-ring (bicyclic) bond motifs is 1. The minimum atomic E-state index is -0.619. The number of nitrogens with zero attached hydrogens (tertiary/aromatic N) is 2. The molecule has 2 aromatic heterocycles. The number of piperidine rings is 1. The zero-order chi connectivity index (χ0) is 26.0. The number of hydrogen-bond acceptors (Lipinski definition) is 6. The van der Waals surface area contributed by atoms with Crippen LogP contribution in [0.1, 0.15) is 44.0 Å². The molecule has 1 fully saturated rings. The maximum Gasteiger partial charge on any atom is 0.407 e. The summed E-state index contributed by atoms with van der Waals surface area (Å²) < 4.78 is 25.2. The first-order valence-corrected chi connectivity index (χ1v) is 12.4. The topological polar surface area (TPSA) is 109 Å². The van der Waals surface area contributed by atoms with Crippen LogP contribution in [0.5, 0.6) is 5.75 Å². The first-order valence-electron chi connectivity index (χ1n) is 11.6. The molecule has 36 heavy (non-hydrogen) atoms. The highest BCUT2D eigenvalue weighted by atomic mass is 79.9. The molecule has 0 aliphatic carbocycles. The van der Waals surface area contributed by atoms with Crippen molar-refractivity contribution >= 4 is 50.3 Å². The third-order valence-electron chi connectivity index (χ3n) is 5.75. The standard InChI is InChI=1S/C25H29BrFN5O4/c1-25(2,3)36-24(34)30-15-6-5-9-32(13-15)21-16(26)11-28-22-20(21)18(12-29-22)31-23(33)14-7-8-19(35-4)17(27)10-14/h7-8,10-12,15H,5-6,9,13H2,1-4H3,(H,28,29)(H,30,34)(H,31,33). The van der Waals surface area contributed by atoms with E-state index in [2.05, 4.69) is 41.4 Å². The van der Waals surface area contributed by atoms with Crippen molar-refractivity contribution in [3.63, 3.8) is 0 Å². The fraction of sp³-hybridized carbons (Fsp3) is 0.400. The number of rotatable bonds is 5. The molecule has 0 saturated carbocycles. The van der Waals surface area contributed by atoms with Crippen LogP contribution in [-0.4, -0.2) is 53.8 Å². The fourth-order valence-electron chi connectivity index (χ4n) is 4.24. The Morgan fingerprint density at radius 3 is 2.78 bits per heavy atom. The Kier molecular flexibility index (Phi) is 7.39. The minimum absolute atomic E-state index is 0.0636. The zero-order valence-electron chi connectivity index (χ0n) is 20.6. The van der Waals surface area contributed by atoms with Crippen LogP contribution >= 0.6 is 15.9 Å². The molecule has 1 aliphatic rings. The molecule has 1 unspecified atom stereocenters. The number of halogens is 2. The number of benzene rings is 1. The zero-order valence-corrected chi connectivity index (χ0v) is 22.2. The molecule has 0 radical (unpaired) electrons. The summed E-state index contributed by atoms with van der Waals surface area (Å²) in [5.41, 5.74) is 1.52. The monoisotopic (exact) mass is 561 g/mol. The SMILES string of the molecule is COc1ccc(C(=O)Nc2c[nH]c3ncc(Br)c(N4CCCC(NC(=O)OC(C)(C)C)C4)c23)cc1F. The normalized spacial score (nSPS) is 16.1. The smallest absolute Gasteiger partial charge is 0.407 e. The van der Waals surface area contributed by atoms with Gasteiger partial charge in [-0.15, -0.1) is 0 Å². The van der Waals surface area contributed by atoms with E-state index in [0.717, 1.165) is 35.6 Å². The lowest BCUT2D eigenvalue weighted by Gasteiger charge is -2.36. The molecule has 1 aliphatic heterocycles. The lowest BCUT2D eigenvalue weighted by molar-refractivity contribution is 0.0500. The number of aromatic nitrogens is 2. The van der Waals surface area contributed by atoms with E-state index >= 15 is 0 Å². The molecule has 9 nitrogen and oxygen atoms in total. The van der Waals surface area contributed by atoms with Gasteiger partial charge < -0.3 is 30.0 Å². The summed E-state index contributed by atoms with van der Waals surface area (Å²) in [6.45, 7) is 6.79. The Bertz CT molecular complexity index is 1290. The van der Waals surface area contributed by atoms with Crippen LogP contribution in [-0.2, 0) is 4.74 Å². The molecular weight excluding hydrogens is 533 g/mol. The number of pyridine rings is 1. The molecule has 3 heterocycles. The molecule has 3 aromatic rings. The molecule has 2 amide bonds. The van der Waals surface area contributed by atoms with Crippen molar-refractivity contribution in [3.8, 4) is 5.75 Å². The number of nitrogens with one attached hydrogen (secondary N) is 3. The van der Waals surface area contributed by atoms with Crippen molar-refractivity contribution in [2.75, 3.05) is 30.4 Å². The lowest BCUT2D eigenvalue weighted by atomic mass is 10.0. The van der Waals surface area contributed by atoms with Crippen molar-refractivity contribution in [3.05, 3.63) is 46.4 Å². The molecular formula is C25H29BrFN5O4. The minimum Gasteiger partial charge on any atom is -0.494 e. The molecule has 4 rings (SSSR count). The number of methoxy groups -OCH3 is 1. The molecule has 192 valence electrons. The molecule has 0 spiro atoms. The summed E-state index contributed by atoms with van der Waals surface area (Å²) in [5, 5.41) is 6.54. The van der Waals surface area contributed by atoms with Crippen LogP contribution in [0.25, 0.3) is 11.0 Å². The highest BCUT2D eigenvalue weighted by Gasteiger charge is 2.28. The van der Waals surface area contributed by atoms with Crippen molar-refractivity contribution < 1.29 is 23.5 Å². The summed E-state index contributed by atoms with van der Waals surface area (Å²) in [4.78, 5) is 34.9. The van der Waals surface area contributed by atoms with Gasteiger partial charge in [-0.1, -0.05) is 0 Å². The Balaban J connectivity index is 1.59. The van der Waals surface area contributed by atoms with Crippen molar-refractivity contribution in [1.29, 1.82) is 0 Å². The number of anilines is 2. The summed E-state index contributed by atoms with van der Waals surface area (Å²) in [7, 11) is 1.37. The number of hydrogen-bond donors (Lipinski definition) is 3. The maximum atomic E-state index is 14.1. The van der Waals surface area contributed by atoms with Crippen molar-refractivity contribution in [2.24, 2.45) is 0 Å². The molecule has 0 bridgehead atoms. The van der Waals surface area contributed by atoms with E-state index in [1.165, 1.54) is 19.2 Å². The van der Waals surface area contributed by atoms with Gasteiger partial charge in [-0.2, -0.15) is 0 Å². The van der Waals surface area contributed by atoms with E-state index in [-0.39, 0.29) is 17.4 Å². The molecule has 1 aromatic carbocycles. The number of carbonyl (C=O) groups excluding carboxylic acids is 2. The molecule has 3 N–H and O–H groups in total. The van der Waals surface area contributed by atoms with E-state index in [0.29, 0.717) is 23.3 Å². The van der Waals surface area contributed by atoms with Crippen LogP contribution in [0, 0.1) is 5.82 Å². The van der Waals surface area contributed by atoms with Crippen LogP contribution < -0.4 is 20.3 Å². The Labute approximate surface area is 216 Å². The van der Waals surface area contributed by atoms with Crippen LogP contribution in [0.3, 0.4) is 0 Å². The first-order chi connectivity index (χ1) is 17.1. The van der Waals surface area contributed by atoms with E-state index in [4.69, 9.17) is 9.47 Å². The van der Waals surface area contributed by atoms with Crippen LogP contribution in [0.4, 0.5) is 20.6 Å². The lowest BCUT2D eigenvalue weighted by Crippen LogP contribution is -2.49. The van der Waals surface area contributed by atoms with Crippen LogP contribution in [0.2, 0.25) is 0 Å². The number of alkyl carbamates (subject to hydrolysis) is 1. The third kappa shape index (κ3) is 5.72. The van der Waals surface area contributed by atoms with Gasteiger partial charge in [-0.05, 0) is 67.7 Å². The Morgan fingerprint density at radius 2 is 2.08 bits per heavy atom. The number of aromatic amines is 1. The average Bonchev–Trinajstić information content (AvgIpc) is 3.20. The van der Waals surface area contributed by atoms with Gasteiger partial charge in [0.1, 0.15) is 11.2 Å². The average molecular weight is 562 g/mol. The molecule has 1 saturated heterocycles. The van der Waals surface area contributed by atoms with Gasteiger partial charge >= 0.3 is 6.09 Å². The quantitative estimate of drug-likeness (QED) is 0.394. The predicted molar refractivity (Wildman–Crippen MR) is 139 cm³/mol. The summed E-state index contributed by atoms with van der Waals surface area (Å²) in [6, 6.07) is 3.94. The van der Waals surface area contributed by atoms with E-state index in [9.17, 15) is 14.0 Å². The summed E-state index contributed by atoms with van der Waals surface area (Å²) in [5.74, 6) is -1.02. The van der Waals surface area contributed by atoms with Crippen LogP contribution in [0.15, 0.2) is 35.1 Å². The summed E-state index contributed by atoms with van der Waals surface area (Å²) >= 11 is 3.61. The van der Waals surface area contributed by atoms with Crippen molar-refractivity contribution in [2.45, 2.75) is 45.3 Å². The first kappa shape index (κ1) is 25.7. The Hall–Kier alpha value is -3.34. The van der Waals surface area contributed by atoms with Gasteiger partial charge in [-0.25, -0.2) is 14.2 Å². The fourth-order valence-corrected chi connectivity index (χ4v) is 4.79. The largest absolute Gasteiger partial charge is 0.494 e. The highest BCUT2D eigenvalue weighted by Crippen LogP contribution is 2.39. The van der Waals surface area contributed by atoms with E-state index in [1.807, 2.05) is 20.8 Å². The van der Waals surface area contributed by atoms with Gasteiger partial charge in [0.2, 0.25) is 0 Å². The predicted octanol–water partition coefficient (Wildman–Crippen LogP) is 5.22. The second-order valence-electron chi connectivity index (χ2n) is 9.62. The second-order valence-corrected chi connectivity index (χ2v) is 10.5. The van der Waals surface area contributed by atoms with Gasteiger partial charge in [0.15, 0.2) is 11.6 Å². The van der Waals surface area contributed by atoms with Gasteiger partial charge in [0, 0.05) is 37.1 Å². The van der Waals surface area contributed by atoms with E-state index < -0.39 is 23.4 Å². The third-order valence-corrected chi connectivity index (χ3v) is 6.33.